The predicted octanol–water partition coefficient (Wildman–Crippen LogP) is 1.23. The summed E-state index contributed by atoms with van der Waals surface area (Å²) in [7, 11) is 0. The van der Waals surface area contributed by atoms with Gasteiger partial charge in [0.15, 0.2) is 0 Å². The van der Waals surface area contributed by atoms with Crippen LogP contribution in [0.1, 0.15) is 36.2 Å². The first-order valence-corrected chi connectivity index (χ1v) is 7.34. The summed E-state index contributed by atoms with van der Waals surface area (Å²) in [6.07, 6.45) is 0.449. The average Bonchev–Trinajstić information content (AvgIpc) is 2.42. The first kappa shape index (κ1) is 17.2. The lowest BCUT2D eigenvalue weighted by molar-refractivity contribution is -0.121. The van der Waals surface area contributed by atoms with E-state index in [0.717, 1.165) is 5.56 Å². The van der Waals surface area contributed by atoms with E-state index in [2.05, 4.69) is 16.0 Å². The Kier molecular flexibility index (Phi) is 7.46. The van der Waals surface area contributed by atoms with Gasteiger partial charge in [-0.05, 0) is 32.9 Å². The third-order valence-corrected chi connectivity index (χ3v) is 2.88. The van der Waals surface area contributed by atoms with Gasteiger partial charge in [0, 0.05) is 37.7 Å². The normalized spacial score (nSPS) is 10.5. The zero-order chi connectivity index (χ0) is 15.7. The number of hydrogen-bond donors (Lipinski definition) is 3. The number of nitrogens with one attached hydrogen (secondary N) is 3. The highest BCUT2D eigenvalue weighted by Gasteiger charge is 2.04. The Balaban J connectivity index is 2.10. The minimum Gasteiger partial charge on any atom is -0.354 e. The molecule has 0 saturated heterocycles. The number of carbonyl (C=O) groups is 2. The van der Waals surface area contributed by atoms with Gasteiger partial charge >= 0.3 is 0 Å². The molecule has 5 heteroatoms. The van der Waals surface area contributed by atoms with Gasteiger partial charge in [-0.2, -0.15) is 0 Å². The lowest BCUT2D eigenvalue weighted by Crippen LogP contribution is -2.35. The summed E-state index contributed by atoms with van der Waals surface area (Å²) in [5, 5.41) is 8.80. The number of aryl methyl sites for hydroxylation is 1. The van der Waals surface area contributed by atoms with Gasteiger partial charge in [0.1, 0.15) is 0 Å². The van der Waals surface area contributed by atoms with Crippen molar-refractivity contribution in [2.45, 2.75) is 33.2 Å². The summed E-state index contributed by atoms with van der Waals surface area (Å²) < 4.78 is 0. The summed E-state index contributed by atoms with van der Waals surface area (Å²) in [4.78, 5) is 23.2. The van der Waals surface area contributed by atoms with Crippen molar-refractivity contribution in [2.24, 2.45) is 0 Å². The Morgan fingerprint density at radius 2 is 1.71 bits per heavy atom. The van der Waals surface area contributed by atoms with Crippen LogP contribution in [0.5, 0.6) is 0 Å². The fourth-order valence-corrected chi connectivity index (χ4v) is 1.79. The lowest BCUT2D eigenvalue weighted by Gasteiger charge is -2.09. The van der Waals surface area contributed by atoms with Gasteiger partial charge in [-0.3, -0.25) is 9.59 Å². The molecule has 0 saturated carbocycles. The van der Waals surface area contributed by atoms with E-state index in [0.29, 0.717) is 31.6 Å². The van der Waals surface area contributed by atoms with E-state index in [-0.39, 0.29) is 17.9 Å². The number of hydrogen-bond acceptors (Lipinski definition) is 3. The smallest absolute Gasteiger partial charge is 0.251 e. The van der Waals surface area contributed by atoms with E-state index in [1.54, 1.807) is 0 Å². The van der Waals surface area contributed by atoms with Gasteiger partial charge in [0.25, 0.3) is 5.91 Å². The van der Waals surface area contributed by atoms with Crippen molar-refractivity contribution in [3.8, 4) is 0 Å². The third-order valence-electron chi connectivity index (χ3n) is 2.88. The van der Waals surface area contributed by atoms with Gasteiger partial charge in [-0.1, -0.05) is 17.7 Å². The Hall–Kier alpha value is -1.88. The molecule has 1 rings (SSSR count). The van der Waals surface area contributed by atoms with Crippen LogP contribution in [0, 0.1) is 6.92 Å². The van der Waals surface area contributed by atoms with Crippen LogP contribution in [0.25, 0.3) is 0 Å². The second kappa shape index (κ2) is 9.13. The largest absolute Gasteiger partial charge is 0.354 e. The number of benzene rings is 1. The topological polar surface area (TPSA) is 70.2 Å². The maximum absolute atomic E-state index is 11.8. The van der Waals surface area contributed by atoms with Crippen molar-refractivity contribution in [2.75, 3.05) is 19.6 Å². The fraction of sp³-hybridized carbons (Fsp3) is 0.500. The van der Waals surface area contributed by atoms with Crippen molar-refractivity contribution in [1.29, 1.82) is 0 Å². The van der Waals surface area contributed by atoms with Crippen LogP contribution < -0.4 is 16.0 Å². The van der Waals surface area contributed by atoms with Gasteiger partial charge in [-0.25, -0.2) is 0 Å². The summed E-state index contributed by atoms with van der Waals surface area (Å²) in [5.41, 5.74) is 1.80. The second-order valence-corrected chi connectivity index (χ2v) is 5.34. The average molecular weight is 291 g/mol. The number of rotatable bonds is 8. The minimum absolute atomic E-state index is 0.0428. The monoisotopic (exact) mass is 291 g/mol. The van der Waals surface area contributed by atoms with Crippen LogP contribution >= 0.6 is 0 Å². The summed E-state index contributed by atoms with van der Waals surface area (Å²) >= 11 is 0. The molecular formula is C16H25N3O2. The van der Waals surface area contributed by atoms with E-state index < -0.39 is 0 Å². The second-order valence-electron chi connectivity index (χ2n) is 5.34. The van der Waals surface area contributed by atoms with Gasteiger partial charge in [0.2, 0.25) is 5.91 Å². The molecule has 0 atom stereocenters. The van der Waals surface area contributed by atoms with Crippen molar-refractivity contribution in [3.63, 3.8) is 0 Å². The Labute approximate surface area is 126 Å². The first-order valence-electron chi connectivity index (χ1n) is 7.34. The summed E-state index contributed by atoms with van der Waals surface area (Å²) in [5.74, 6) is -0.0319. The molecule has 2 amide bonds. The van der Waals surface area contributed by atoms with E-state index in [1.807, 2.05) is 45.0 Å². The molecule has 3 N–H and O–H groups in total. The Bertz CT molecular complexity index is 455. The zero-order valence-electron chi connectivity index (χ0n) is 13.0. The molecule has 0 aliphatic carbocycles. The zero-order valence-corrected chi connectivity index (χ0v) is 13.0. The van der Waals surface area contributed by atoms with E-state index >= 15 is 0 Å². The third kappa shape index (κ3) is 7.46. The molecule has 0 fully saturated rings. The SMILES string of the molecule is Cc1ccc(C(=O)NCCNCCC(=O)NC(C)C)cc1. The lowest BCUT2D eigenvalue weighted by atomic mass is 10.1. The van der Waals surface area contributed by atoms with Gasteiger partial charge in [-0.15, -0.1) is 0 Å². The maximum atomic E-state index is 11.8. The van der Waals surface area contributed by atoms with Gasteiger partial charge in [0.05, 0.1) is 0 Å². The van der Waals surface area contributed by atoms with Crippen LogP contribution in [-0.4, -0.2) is 37.5 Å². The molecule has 0 spiro atoms. The highest BCUT2D eigenvalue weighted by molar-refractivity contribution is 5.94. The molecule has 0 aliphatic heterocycles. The molecule has 21 heavy (non-hydrogen) atoms. The molecule has 0 aromatic heterocycles. The molecular weight excluding hydrogens is 266 g/mol. The van der Waals surface area contributed by atoms with Crippen LogP contribution in [0.15, 0.2) is 24.3 Å². The standard InChI is InChI=1S/C16H25N3O2/c1-12(2)19-15(20)8-9-17-10-11-18-16(21)14-6-4-13(3)5-7-14/h4-7,12,17H,8-11H2,1-3H3,(H,18,21)(H,19,20). The van der Waals surface area contributed by atoms with Crippen LogP contribution in [0.3, 0.4) is 0 Å². The van der Waals surface area contributed by atoms with Crippen LogP contribution in [-0.2, 0) is 4.79 Å². The molecule has 5 nitrogen and oxygen atoms in total. The van der Waals surface area contributed by atoms with Crippen molar-refractivity contribution in [1.82, 2.24) is 16.0 Å². The van der Waals surface area contributed by atoms with Crippen LogP contribution in [0.2, 0.25) is 0 Å². The van der Waals surface area contributed by atoms with E-state index in [4.69, 9.17) is 0 Å². The number of amides is 2. The Morgan fingerprint density at radius 3 is 2.33 bits per heavy atom. The van der Waals surface area contributed by atoms with Crippen molar-refractivity contribution >= 4 is 11.8 Å². The van der Waals surface area contributed by atoms with Gasteiger partial charge < -0.3 is 16.0 Å². The predicted molar refractivity (Wildman–Crippen MR) is 84.3 cm³/mol. The summed E-state index contributed by atoms with van der Waals surface area (Å²) in [6, 6.07) is 7.63. The van der Waals surface area contributed by atoms with E-state index in [9.17, 15) is 9.59 Å². The summed E-state index contributed by atoms with van der Waals surface area (Å²) in [6.45, 7) is 7.66. The molecule has 1 aromatic rings. The van der Waals surface area contributed by atoms with E-state index in [1.165, 1.54) is 0 Å². The van der Waals surface area contributed by atoms with Crippen molar-refractivity contribution < 1.29 is 9.59 Å². The highest BCUT2D eigenvalue weighted by atomic mass is 16.2. The quantitative estimate of drug-likeness (QED) is 0.631. The molecule has 0 unspecified atom stereocenters. The van der Waals surface area contributed by atoms with Crippen LogP contribution in [0.4, 0.5) is 0 Å². The fourth-order valence-electron chi connectivity index (χ4n) is 1.79. The Morgan fingerprint density at radius 1 is 1.05 bits per heavy atom. The minimum atomic E-state index is -0.0747. The van der Waals surface area contributed by atoms with Crippen molar-refractivity contribution in [3.05, 3.63) is 35.4 Å². The maximum Gasteiger partial charge on any atom is 0.251 e. The first-order chi connectivity index (χ1) is 9.99. The molecule has 116 valence electrons. The molecule has 1 aromatic carbocycles. The highest BCUT2D eigenvalue weighted by Crippen LogP contribution is 2.02. The molecule has 0 heterocycles. The molecule has 0 aliphatic rings. The molecule has 0 radical (unpaired) electrons. The number of carbonyl (C=O) groups excluding carboxylic acids is 2. The molecule has 0 bridgehead atoms.